The zero-order valence-corrected chi connectivity index (χ0v) is 10.7. The van der Waals surface area contributed by atoms with Gasteiger partial charge >= 0.3 is 0 Å². The molecule has 0 aliphatic carbocycles. The van der Waals surface area contributed by atoms with Crippen molar-refractivity contribution in [1.29, 1.82) is 0 Å². The van der Waals surface area contributed by atoms with Gasteiger partial charge in [-0.2, -0.15) is 16.9 Å². The Kier molecular flexibility index (Phi) is 7.29. The Hall–Kier alpha value is -0.520. The summed E-state index contributed by atoms with van der Waals surface area (Å²) in [5.41, 5.74) is 1.24. The van der Waals surface area contributed by atoms with Crippen molar-refractivity contribution < 1.29 is 5.11 Å². The maximum Gasteiger partial charge on any atom is 0.0534 e. The SMILES string of the molecule is CCn1cc(CNCCSCCCO)cn1. The Morgan fingerprint density at radius 3 is 3.06 bits per heavy atom. The van der Waals surface area contributed by atoms with E-state index in [2.05, 4.69) is 23.5 Å². The van der Waals surface area contributed by atoms with Crippen LogP contribution in [0.5, 0.6) is 0 Å². The Morgan fingerprint density at radius 2 is 2.38 bits per heavy atom. The van der Waals surface area contributed by atoms with E-state index in [1.54, 1.807) is 0 Å². The first-order valence-corrected chi connectivity index (χ1v) is 6.93. The maximum atomic E-state index is 8.61. The number of thioether (sulfide) groups is 1. The number of aryl methyl sites for hydroxylation is 1. The first kappa shape index (κ1) is 13.5. The van der Waals surface area contributed by atoms with Gasteiger partial charge < -0.3 is 10.4 Å². The molecule has 1 aromatic heterocycles. The fourth-order valence-corrected chi connectivity index (χ4v) is 2.14. The second-order valence-electron chi connectivity index (χ2n) is 3.57. The number of nitrogens with one attached hydrogen (secondary N) is 1. The topological polar surface area (TPSA) is 50.1 Å². The van der Waals surface area contributed by atoms with Crippen LogP contribution in [0.2, 0.25) is 0 Å². The van der Waals surface area contributed by atoms with Crippen molar-refractivity contribution in [3.63, 3.8) is 0 Å². The molecule has 0 saturated carbocycles. The molecule has 0 atom stereocenters. The van der Waals surface area contributed by atoms with Crippen molar-refractivity contribution in [2.45, 2.75) is 26.4 Å². The van der Waals surface area contributed by atoms with Crippen molar-refractivity contribution in [2.24, 2.45) is 0 Å². The Bertz CT molecular complexity index is 278. The van der Waals surface area contributed by atoms with E-state index in [1.807, 2.05) is 22.6 Å². The predicted octanol–water partition coefficient (Wildman–Crippen LogP) is 1.11. The molecule has 0 radical (unpaired) electrons. The van der Waals surface area contributed by atoms with Gasteiger partial charge in [0.15, 0.2) is 0 Å². The molecule has 0 aliphatic heterocycles. The van der Waals surface area contributed by atoms with Crippen LogP contribution in [0.25, 0.3) is 0 Å². The molecule has 0 saturated heterocycles. The number of nitrogens with zero attached hydrogens (tertiary/aromatic N) is 2. The third-order valence-electron chi connectivity index (χ3n) is 2.21. The minimum absolute atomic E-state index is 0.302. The smallest absolute Gasteiger partial charge is 0.0534 e. The summed E-state index contributed by atoms with van der Waals surface area (Å²) in [5, 5.41) is 16.2. The molecule has 0 fully saturated rings. The summed E-state index contributed by atoms with van der Waals surface area (Å²) < 4.78 is 1.94. The zero-order valence-electron chi connectivity index (χ0n) is 9.85. The van der Waals surface area contributed by atoms with Gasteiger partial charge in [0, 0.05) is 43.8 Å². The summed E-state index contributed by atoms with van der Waals surface area (Å²) in [5.74, 6) is 2.15. The van der Waals surface area contributed by atoms with Crippen LogP contribution < -0.4 is 5.32 Å². The lowest BCUT2D eigenvalue weighted by molar-refractivity contribution is 0.296. The van der Waals surface area contributed by atoms with Gasteiger partial charge in [0.1, 0.15) is 0 Å². The van der Waals surface area contributed by atoms with E-state index >= 15 is 0 Å². The number of rotatable bonds is 9. The van der Waals surface area contributed by atoms with Crippen molar-refractivity contribution in [1.82, 2.24) is 15.1 Å². The van der Waals surface area contributed by atoms with Gasteiger partial charge in [-0.05, 0) is 19.1 Å². The molecular weight excluding hydrogens is 222 g/mol. The highest BCUT2D eigenvalue weighted by atomic mass is 32.2. The van der Waals surface area contributed by atoms with Crippen molar-refractivity contribution in [3.05, 3.63) is 18.0 Å². The number of hydrogen-bond donors (Lipinski definition) is 2. The van der Waals surface area contributed by atoms with E-state index in [9.17, 15) is 0 Å². The molecular formula is C11H21N3OS. The molecule has 16 heavy (non-hydrogen) atoms. The minimum atomic E-state index is 0.302. The van der Waals surface area contributed by atoms with Crippen LogP contribution in [-0.4, -0.2) is 39.5 Å². The molecule has 0 bridgehead atoms. The van der Waals surface area contributed by atoms with Crippen LogP contribution in [0.3, 0.4) is 0 Å². The lowest BCUT2D eigenvalue weighted by atomic mass is 10.3. The maximum absolute atomic E-state index is 8.61. The zero-order chi connectivity index (χ0) is 11.6. The van der Waals surface area contributed by atoms with Crippen molar-refractivity contribution >= 4 is 11.8 Å². The summed E-state index contributed by atoms with van der Waals surface area (Å²) >= 11 is 1.88. The van der Waals surface area contributed by atoms with E-state index in [0.717, 1.165) is 37.6 Å². The number of aliphatic hydroxyl groups is 1. The van der Waals surface area contributed by atoms with Crippen LogP contribution >= 0.6 is 11.8 Å². The van der Waals surface area contributed by atoms with Gasteiger partial charge in [-0.1, -0.05) is 0 Å². The predicted molar refractivity (Wildman–Crippen MR) is 68.6 cm³/mol. The summed E-state index contributed by atoms with van der Waals surface area (Å²) in [4.78, 5) is 0. The lowest BCUT2D eigenvalue weighted by Gasteiger charge is -2.02. The van der Waals surface area contributed by atoms with Crippen LogP contribution in [0.15, 0.2) is 12.4 Å². The Morgan fingerprint density at radius 1 is 1.50 bits per heavy atom. The highest BCUT2D eigenvalue weighted by Crippen LogP contribution is 2.01. The van der Waals surface area contributed by atoms with Gasteiger partial charge in [0.05, 0.1) is 6.20 Å². The largest absolute Gasteiger partial charge is 0.396 e. The highest BCUT2D eigenvalue weighted by Gasteiger charge is 1.96. The molecule has 0 unspecified atom stereocenters. The molecule has 5 heteroatoms. The molecule has 0 aromatic carbocycles. The highest BCUT2D eigenvalue weighted by molar-refractivity contribution is 7.99. The summed E-state index contributed by atoms with van der Waals surface area (Å²) in [7, 11) is 0. The third-order valence-corrected chi connectivity index (χ3v) is 3.28. The second-order valence-corrected chi connectivity index (χ2v) is 4.80. The second kappa shape index (κ2) is 8.61. The summed E-state index contributed by atoms with van der Waals surface area (Å²) in [6, 6.07) is 0. The quantitative estimate of drug-likeness (QED) is 0.638. The average molecular weight is 243 g/mol. The molecule has 92 valence electrons. The summed E-state index contributed by atoms with van der Waals surface area (Å²) in [6.07, 6.45) is 4.88. The first-order valence-electron chi connectivity index (χ1n) is 5.77. The fraction of sp³-hybridized carbons (Fsp3) is 0.727. The fourth-order valence-electron chi connectivity index (χ4n) is 1.32. The van der Waals surface area contributed by atoms with Crippen molar-refractivity contribution in [3.8, 4) is 0 Å². The molecule has 1 heterocycles. The molecule has 2 N–H and O–H groups in total. The monoisotopic (exact) mass is 243 g/mol. The normalized spacial score (nSPS) is 10.9. The Balaban J connectivity index is 1.98. The van der Waals surface area contributed by atoms with Crippen LogP contribution in [0.4, 0.5) is 0 Å². The summed E-state index contributed by atoms with van der Waals surface area (Å²) in [6.45, 7) is 5.21. The molecule has 1 aromatic rings. The van der Waals surface area contributed by atoms with Crippen molar-refractivity contribution in [2.75, 3.05) is 24.7 Å². The lowest BCUT2D eigenvalue weighted by Crippen LogP contribution is -2.16. The average Bonchev–Trinajstić information content (AvgIpc) is 2.76. The van der Waals surface area contributed by atoms with Gasteiger partial charge in [-0.3, -0.25) is 4.68 Å². The van der Waals surface area contributed by atoms with Gasteiger partial charge in [0.25, 0.3) is 0 Å². The van der Waals surface area contributed by atoms with E-state index in [4.69, 9.17) is 5.11 Å². The Labute approximate surface area is 101 Å². The van der Waals surface area contributed by atoms with Crippen LogP contribution in [-0.2, 0) is 13.1 Å². The number of aromatic nitrogens is 2. The van der Waals surface area contributed by atoms with Gasteiger partial charge in [-0.25, -0.2) is 0 Å². The molecule has 0 spiro atoms. The van der Waals surface area contributed by atoms with E-state index < -0.39 is 0 Å². The minimum Gasteiger partial charge on any atom is -0.396 e. The van der Waals surface area contributed by atoms with Crippen LogP contribution in [0.1, 0.15) is 18.9 Å². The third kappa shape index (κ3) is 5.53. The standard InChI is InChI=1S/C11H21N3OS/c1-2-14-10-11(9-13-14)8-12-4-7-16-6-3-5-15/h9-10,12,15H,2-8H2,1H3. The van der Waals surface area contributed by atoms with E-state index in [-0.39, 0.29) is 0 Å². The van der Waals surface area contributed by atoms with E-state index in [0.29, 0.717) is 6.61 Å². The molecule has 0 aliphatic rings. The number of hydrogen-bond acceptors (Lipinski definition) is 4. The van der Waals surface area contributed by atoms with Crippen LogP contribution in [0, 0.1) is 0 Å². The molecule has 0 amide bonds. The first-order chi connectivity index (χ1) is 7.86. The van der Waals surface area contributed by atoms with Gasteiger partial charge in [-0.15, -0.1) is 0 Å². The molecule has 1 rings (SSSR count). The van der Waals surface area contributed by atoms with E-state index in [1.165, 1.54) is 5.56 Å². The molecule has 4 nitrogen and oxygen atoms in total. The number of aliphatic hydroxyl groups excluding tert-OH is 1. The van der Waals surface area contributed by atoms with Gasteiger partial charge in [0.2, 0.25) is 0 Å².